The van der Waals surface area contributed by atoms with E-state index < -0.39 is 23.0 Å². The van der Waals surface area contributed by atoms with Crippen LogP contribution in [0.3, 0.4) is 0 Å². The number of hydrogen-bond acceptors (Lipinski definition) is 6. The number of aromatic hydroxyl groups is 6. The minimum absolute atomic E-state index is 0.368. The SMILES string of the molecule is Oc1ccc(CCCc2ccc(O)c(O)c2O)c(O)c1O. The van der Waals surface area contributed by atoms with Gasteiger partial charge in [-0.1, -0.05) is 12.1 Å². The number of phenolic OH excluding ortho intramolecular Hbond substituents is 6. The highest BCUT2D eigenvalue weighted by Gasteiger charge is 2.13. The van der Waals surface area contributed by atoms with Crippen molar-refractivity contribution in [2.75, 3.05) is 0 Å². The van der Waals surface area contributed by atoms with Gasteiger partial charge in [-0.15, -0.1) is 0 Å². The summed E-state index contributed by atoms with van der Waals surface area (Å²) in [4.78, 5) is 0. The van der Waals surface area contributed by atoms with E-state index in [9.17, 15) is 30.6 Å². The van der Waals surface area contributed by atoms with E-state index >= 15 is 0 Å². The Morgan fingerprint density at radius 1 is 0.524 bits per heavy atom. The second-order valence-electron chi connectivity index (χ2n) is 4.74. The van der Waals surface area contributed by atoms with Crippen LogP contribution in [0.2, 0.25) is 0 Å². The van der Waals surface area contributed by atoms with Crippen molar-refractivity contribution in [1.29, 1.82) is 0 Å². The molecule has 6 heteroatoms. The van der Waals surface area contributed by atoms with E-state index in [2.05, 4.69) is 0 Å². The number of hydrogen-bond donors (Lipinski definition) is 6. The third kappa shape index (κ3) is 2.89. The van der Waals surface area contributed by atoms with Crippen molar-refractivity contribution in [3.05, 3.63) is 35.4 Å². The van der Waals surface area contributed by atoms with Crippen LogP contribution >= 0.6 is 0 Å². The summed E-state index contributed by atoms with van der Waals surface area (Å²) in [5.41, 5.74) is 0.931. The fourth-order valence-electron chi connectivity index (χ4n) is 2.09. The fourth-order valence-corrected chi connectivity index (χ4v) is 2.09. The lowest BCUT2D eigenvalue weighted by atomic mass is 10.0. The molecule has 0 aliphatic carbocycles. The molecule has 0 bridgehead atoms. The van der Waals surface area contributed by atoms with Crippen molar-refractivity contribution in [2.45, 2.75) is 19.3 Å². The van der Waals surface area contributed by atoms with Crippen LogP contribution in [0.15, 0.2) is 24.3 Å². The van der Waals surface area contributed by atoms with Crippen molar-refractivity contribution in [2.24, 2.45) is 0 Å². The molecule has 0 fully saturated rings. The first kappa shape index (κ1) is 14.6. The van der Waals surface area contributed by atoms with E-state index in [0.29, 0.717) is 30.4 Å². The lowest BCUT2D eigenvalue weighted by Gasteiger charge is -2.09. The average molecular weight is 292 g/mol. The number of rotatable bonds is 4. The molecule has 0 saturated heterocycles. The molecule has 0 heterocycles. The Balaban J connectivity index is 2.06. The van der Waals surface area contributed by atoms with Gasteiger partial charge in [0.15, 0.2) is 23.0 Å². The Morgan fingerprint density at radius 2 is 0.905 bits per heavy atom. The molecule has 0 amide bonds. The lowest BCUT2D eigenvalue weighted by Crippen LogP contribution is -1.92. The molecule has 2 aromatic carbocycles. The van der Waals surface area contributed by atoms with E-state index in [1.165, 1.54) is 24.3 Å². The Bertz CT molecular complexity index is 608. The highest BCUT2D eigenvalue weighted by atomic mass is 16.3. The summed E-state index contributed by atoms with van der Waals surface area (Å²) >= 11 is 0. The van der Waals surface area contributed by atoms with Gasteiger partial charge in [0.25, 0.3) is 0 Å². The van der Waals surface area contributed by atoms with E-state index in [1.807, 2.05) is 0 Å². The number of phenols is 6. The van der Waals surface area contributed by atoms with Crippen molar-refractivity contribution >= 4 is 0 Å². The summed E-state index contributed by atoms with van der Waals surface area (Å²) in [6.07, 6.45) is 1.33. The van der Waals surface area contributed by atoms with E-state index in [-0.39, 0.29) is 11.5 Å². The Hall–Kier alpha value is -2.76. The molecule has 0 aromatic heterocycles. The monoisotopic (exact) mass is 292 g/mol. The Labute approximate surface area is 120 Å². The second kappa shape index (κ2) is 5.70. The molecule has 0 saturated carbocycles. The van der Waals surface area contributed by atoms with E-state index in [1.54, 1.807) is 0 Å². The first-order chi connectivity index (χ1) is 9.91. The van der Waals surface area contributed by atoms with Crippen molar-refractivity contribution < 1.29 is 30.6 Å². The molecular weight excluding hydrogens is 276 g/mol. The maximum absolute atomic E-state index is 9.68. The van der Waals surface area contributed by atoms with Crippen LogP contribution in [0, 0.1) is 0 Å². The predicted molar refractivity (Wildman–Crippen MR) is 74.9 cm³/mol. The quantitative estimate of drug-likeness (QED) is 0.480. The van der Waals surface area contributed by atoms with Crippen LogP contribution in [0.1, 0.15) is 17.5 Å². The molecule has 112 valence electrons. The van der Waals surface area contributed by atoms with Crippen LogP contribution < -0.4 is 0 Å². The molecule has 21 heavy (non-hydrogen) atoms. The van der Waals surface area contributed by atoms with Crippen LogP contribution in [0.25, 0.3) is 0 Å². The molecule has 0 unspecified atom stereocenters. The molecule has 0 atom stereocenters. The zero-order valence-corrected chi connectivity index (χ0v) is 11.1. The van der Waals surface area contributed by atoms with Crippen molar-refractivity contribution in [3.8, 4) is 34.5 Å². The van der Waals surface area contributed by atoms with Crippen molar-refractivity contribution in [3.63, 3.8) is 0 Å². The third-order valence-corrected chi connectivity index (χ3v) is 3.32. The molecular formula is C15H16O6. The normalized spacial score (nSPS) is 10.7. The maximum Gasteiger partial charge on any atom is 0.200 e. The zero-order chi connectivity index (χ0) is 15.6. The van der Waals surface area contributed by atoms with E-state index in [0.717, 1.165) is 0 Å². The maximum atomic E-state index is 9.68. The topological polar surface area (TPSA) is 121 Å². The first-order valence-electron chi connectivity index (χ1n) is 6.37. The fraction of sp³-hybridized carbons (Fsp3) is 0.200. The third-order valence-electron chi connectivity index (χ3n) is 3.32. The minimum atomic E-state index is -0.558. The van der Waals surface area contributed by atoms with Crippen LogP contribution in [-0.2, 0) is 12.8 Å². The van der Waals surface area contributed by atoms with Gasteiger partial charge in [0.1, 0.15) is 0 Å². The molecule has 0 spiro atoms. The predicted octanol–water partition coefficient (Wildman–Crippen LogP) is 2.10. The van der Waals surface area contributed by atoms with Crippen LogP contribution in [-0.4, -0.2) is 30.6 Å². The molecule has 6 N–H and O–H groups in total. The van der Waals surface area contributed by atoms with Crippen LogP contribution in [0.5, 0.6) is 34.5 Å². The summed E-state index contributed by atoms with van der Waals surface area (Å²) in [5, 5.41) is 56.6. The van der Waals surface area contributed by atoms with Gasteiger partial charge in [0, 0.05) is 0 Å². The highest BCUT2D eigenvalue weighted by Crippen LogP contribution is 2.39. The van der Waals surface area contributed by atoms with Gasteiger partial charge < -0.3 is 30.6 Å². The van der Waals surface area contributed by atoms with Gasteiger partial charge in [0.05, 0.1) is 0 Å². The number of aryl methyl sites for hydroxylation is 2. The first-order valence-corrected chi connectivity index (χ1v) is 6.37. The summed E-state index contributed by atoms with van der Waals surface area (Å²) < 4.78 is 0. The molecule has 0 aliphatic rings. The molecule has 2 rings (SSSR count). The molecule has 0 aliphatic heterocycles. The molecule has 6 nitrogen and oxygen atoms in total. The van der Waals surface area contributed by atoms with Gasteiger partial charge in [-0.2, -0.15) is 0 Å². The zero-order valence-electron chi connectivity index (χ0n) is 11.1. The van der Waals surface area contributed by atoms with E-state index in [4.69, 9.17) is 0 Å². The molecule has 0 radical (unpaired) electrons. The average Bonchev–Trinajstić information content (AvgIpc) is 2.47. The minimum Gasteiger partial charge on any atom is -0.504 e. The molecule has 2 aromatic rings. The smallest absolute Gasteiger partial charge is 0.200 e. The standard InChI is InChI=1S/C15H16O6/c16-10-6-4-8(12(18)14(10)20)2-1-3-9-5-7-11(17)15(21)13(9)19/h4-7,16-21H,1-3H2. The van der Waals surface area contributed by atoms with Gasteiger partial charge in [0.2, 0.25) is 11.5 Å². The largest absolute Gasteiger partial charge is 0.504 e. The Morgan fingerprint density at radius 3 is 1.29 bits per heavy atom. The highest BCUT2D eigenvalue weighted by molar-refractivity contribution is 5.54. The van der Waals surface area contributed by atoms with Crippen molar-refractivity contribution in [1.82, 2.24) is 0 Å². The summed E-state index contributed by atoms with van der Waals surface area (Å²) in [6.45, 7) is 0. The van der Waals surface area contributed by atoms with Gasteiger partial charge in [-0.05, 0) is 42.5 Å². The Kier molecular flexibility index (Phi) is 3.98. The number of benzene rings is 2. The summed E-state index contributed by atoms with van der Waals surface area (Å²) in [7, 11) is 0. The summed E-state index contributed by atoms with van der Waals surface area (Å²) in [5.74, 6) is -2.63. The van der Waals surface area contributed by atoms with Crippen LogP contribution in [0.4, 0.5) is 0 Å². The second-order valence-corrected chi connectivity index (χ2v) is 4.74. The lowest BCUT2D eigenvalue weighted by molar-refractivity contribution is 0.363. The van der Waals surface area contributed by atoms with Gasteiger partial charge in [-0.25, -0.2) is 0 Å². The summed E-state index contributed by atoms with van der Waals surface area (Å²) in [6, 6.07) is 5.57. The van der Waals surface area contributed by atoms with Gasteiger partial charge in [-0.3, -0.25) is 0 Å². The van der Waals surface area contributed by atoms with Gasteiger partial charge >= 0.3 is 0 Å².